The van der Waals surface area contributed by atoms with Crippen molar-refractivity contribution in [2.75, 3.05) is 13.2 Å². The maximum Gasteiger partial charge on any atom is 0.305 e. The van der Waals surface area contributed by atoms with Gasteiger partial charge in [-0.15, -0.1) is 0 Å². The molecule has 0 heterocycles. The topological polar surface area (TPSA) is 95.9 Å². The van der Waals surface area contributed by atoms with Gasteiger partial charge in [0.1, 0.15) is 0 Å². The van der Waals surface area contributed by atoms with E-state index in [9.17, 15) is 19.8 Å². The van der Waals surface area contributed by atoms with Gasteiger partial charge in [0.05, 0.1) is 25.4 Å². The molecule has 0 radical (unpaired) electrons. The Labute approximate surface area is 456 Å². The first-order valence-corrected chi connectivity index (χ1v) is 33.1. The SMILES string of the molecule is CCCCCC/C=C\CCCCCCCC(=O)OCCCCCCCCCCCCCCCCCCCCCCC(=O)NC(CO)C(O)/C=C/CCCCCCCCCCCCCCCCCCCCCCC. The number of carbonyl (C=O) groups is 2. The van der Waals surface area contributed by atoms with Crippen LogP contribution >= 0.6 is 0 Å². The summed E-state index contributed by atoms with van der Waals surface area (Å²) in [5.74, 6) is -0.0647. The van der Waals surface area contributed by atoms with Crippen molar-refractivity contribution >= 4 is 11.9 Å². The van der Waals surface area contributed by atoms with Crippen LogP contribution in [-0.2, 0) is 14.3 Å². The largest absolute Gasteiger partial charge is 0.466 e. The Kier molecular flexibility index (Phi) is 61.4. The molecule has 0 aromatic rings. The summed E-state index contributed by atoms with van der Waals surface area (Å²) in [7, 11) is 0. The number of unbranched alkanes of at least 4 members (excludes halogenated alkanes) is 49. The van der Waals surface area contributed by atoms with E-state index < -0.39 is 12.1 Å². The zero-order valence-electron chi connectivity index (χ0n) is 49.4. The number of rotatable bonds is 62. The molecule has 2 atom stereocenters. The highest BCUT2D eigenvalue weighted by molar-refractivity contribution is 5.76. The molecular weight excluding hydrogens is 899 g/mol. The summed E-state index contributed by atoms with van der Waals surface area (Å²) < 4.78 is 5.47. The third kappa shape index (κ3) is 59.4. The standard InChI is InChI=1S/C67H129NO5/c1-3-5-7-9-11-13-15-17-18-19-20-21-22-23-26-29-32-36-39-43-47-51-55-59-65(70)64(63-69)68-66(71)60-56-52-48-44-40-37-33-30-27-24-25-28-31-34-38-42-46-50-54-58-62-73-67(72)61-57-53-49-45-41-35-16-14-12-10-8-6-4-2/h14,16,55,59,64-65,69-70H,3-13,15,17-54,56-58,60-63H2,1-2H3,(H,68,71)/b16-14-,59-55+. The van der Waals surface area contributed by atoms with Gasteiger partial charge in [-0.3, -0.25) is 9.59 Å². The molecule has 0 aliphatic heterocycles. The summed E-state index contributed by atoms with van der Waals surface area (Å²) in [6.07, 6.45) is 78.0. The predicted molar refractivity (Wildman–Crippen MR) is 320 cm³/mol. The lowest BCUT2D eigenvalue weighted by Gasteiger charge is -2.20. The lowest BCUT2D eigenvalue weighted by molar-refractivity contribution is -0.143. The van der Waals surface area contributed by atoms with Crippen LogP contribution < -0.4 is 5.32 Å². The smallest absolute Gasteiger partial charge is 0.305 e. The molecule has 0 saturated heterocycles. The number of amides is 1. The zero-order chi connectivity index (χ0) is 52.9. The van der Waals surface area contributed by atoms with Crippen molar-refractivity contribution in [2.45, 2.75) is 379 Å². The Morgan fingerprint density at radius 1 is 0.370 bits per heavy atom. The molecule has 0 aliphatic carbocycles. The molecule has 6 nitrogen and oxygen atoms in total. The summed E-state index contributed by atoms with van der Waals surface area (Å²) >= 11 is 0. The number of esters is 1. The van der Waals surface area contributed by atoms with Gasteiger partial charge >= 0.3 is 5.97 Å². The van der Waals surface area contributed by atoms with Crippen molar-refractivity contribution in [1.29, 1.82) is 0 Å². The third-order valence-electron chi connectivity index (χ3n) is 15.5. The van der Waals surface area contributed by atoms with Gasteiger partial charge in [-0.25, -0.2) is 0 Å². The number of aliphatic hydroxyl groups excluding tert-OH is 2. The number of nitrogens with one attached hydrogen (secondary N) is 1. The summed E-state index contributed by atoms with van der Waals surface area (Å²) in [6.45, 7) is 4.91. The Balaban J connectivity index is 3.43. The van der Waals surface area contributed by atoms with Crippen LogP contribution in [-0.4, -0.2) is 47.4 Å². The molecule has 3 N–H and O–H groups in total. The molecule has 432 valence electrons. The summed E-state index contributed by atoms with van der Waals surface area (Å²) in [4.78, 5) is 24.6. The van der Waals surface area contributed by atoms with E-state index in [1.807, 2.05) is 6.08 Å². The molecule has 1 amide bonds. The van der Waals surface area contributed by atoms with Gasteiger partial charge < -0.3 is 20.3 Å². The van der Waals surface area contributed by atoms with E-state index in [0.29, 0.717) is 19.4 Å². The molecule has 2 unspecified atom stereocenters. The van der Waals surface area contributed by atoms with Crippen molar-refractivity contribution in [2.24, 2.45) is 0 Å². The summed E-state index contributed by atoms with van der Waals surface area (Å²) in [5.41, 5.74) is 0. The van der Waals surface area contributed by atoms with E-state index in [-0.39, 0.29) is 18.5 Å². The van der Waals surface area contributed by atoms with E-state index in [2.05, 4.69) is 31.3 Å². The van der Waals surface area contributed by atoms with Crippen molar-refractivity contribution in [3.63, 3.8) is 0 Å². The van der Waals surface area contributed by atoms with Crippen LogP contribution in [0.2, 0.25) is 0 Å². The maximum absolute atomic E-state index is 12.5. The number of carbonyl (C=O) groups excluding carboxylic acids is 2. The minimum atomic E-state index is -0.847. The van der Waals surface area contributed by atoms with Gasteiger partial charge in [-0.05, 0) is 57.8 Å². The molecule has 0 aromatic carbocycles. The molecule has 0 rings (SSSR count). The van der Waals surface area contributed by atoms with Crippen LogP contribution in [0.15, 0.2) is 24.3 Å². The van der Waals surface area contributed by atoms with Crippen LogP contribution in [0.4, 0.5) is 0 Å². The lowest BCUT2D eigenvalue weighted by atomic mass is 10.0. The number of hydrogen-bond donors (Lipinski definition) is 3. The molecule has 0 aromatic heterocycles. The molecule has 0 fully saturated rings. The summed E-state index contributed by atoms with van der Waals surface area (Å²) in [6, 6.07) is -0.630. The van der Waals surface area contributed by atoms with Crippen LogP contribution in [0, 0.1) is 0 Å². The third-order valence-corrected chi connectivity index (χ3v) is 15.5. The second kappa shape index (κ2) is 62.9. The zero-order valence-corrected chi connectivity index (χ0v) is 49.4. The first-order valence-electron chi connectivity index (χ1n) is 33.1. The van der Waals surface area contributed by atoms with Crippen molar-refractivity contribution < 1.29 is 24.5 Å². The molecule has 0 aliphatic rings. The van der Waals surface area contributed by atoms with Gasteiger partial charge in [-0.1, -0.05) is 321 Å². The van der Waals surface area contributed by atoms with Gasteiger partial charge in [0.15, 0.2) is 0 Å². The van der Waals surface area contributed by atoms with E-state index in [0.717, 1.165) is 44.9 Å². The average molecular weight is 1030 g/mol. The normalized spacial score (nSPS) is 12.7. The van der Waals surface area contributed by atoms with Crippen LogP contribution in [0.1, 0.15) is 367 Å². The predicted octanol–water partition coefficient (Wildman–Crippen LogP) is 21.0. The monoisotopic (exact) mass is 1030 g/mol. The van der Waals surface area contributed by atoms with Gasteiger partial charge in [-0.2, -0.15) is 0 Å². The molecule has 73 heavy (non-hydrogen) atoms. The van der Waals surface area contributed by atoms with Gasteiger partial charge in [0, 0.05) is 12.8 Å². The first kappa shape index (κ1) is 71.3. The van der Waals surface area contributed by atoms with E-state index in [1.54, 1.807) is 6.08 Å². The molecular formula is C67H129NO5. The quantitative estimate of drug-likeness (QED) is 0.0320. The Bertz CT molecular complexity index is 1140. The molecule has 0 spiro atoms. The molecule has 0 saturated carbocycles. The fourth-order valence-electron chi connectivity index (χ4n) is 10.4. The molecule has 6 heteroatoms. The second-order valence-electron chi connectivity index (χ2n) is 22.8. The Morgan fingerprint density at radius 2 is 0.644 bits per heavy atom. The van der Waals surface area contributed by atoms with Crippen molar-refractivity contribution in [3.8, 4) is 0 Å². The highest BCUT2D eigenvalue weighted by Crippen LogP contribution is 2.18. The lowest BCUT2D eigenvalue weighted by Crippen LogP contribution is -2.45. The minimum Gasteiger partial charge on any atom is -0.466 e. The fraction of sp³-hybridized carbons (Fsp3) is 0.910. The average Bonchev–Trinajstić information content (AvgIpc) is 3.39. The van der Waals surface area contributed by atoms with Crippen LogP contribution in [0.5, 0.6) is 0 Å². The van der Waals surface area contributed by atoms with Crippen LogP contribution in [0.25, 0.3) is 0 Å². The van der Waals surface area contributed by atoms with E-state index >= 15 is 0 Å². The highest BCUT2D eigenvalue weighted by Gasteiger charge is 2.18. The first-order chi connectivity index (χ1) is 36.0. The summed E-state index contributed by atoms with van der Waals surface area (Å²) in [5, 5.41) is 23.2. The fourth-order valence-corrected chi connectivity index (χ4v) is 10.4. The van der Waals surface area contributed by atoms with Gasteiger partial charge in [0.2, 0.25) is 5.91 Å². The van der Waals surface area contributed by atoms with E-state index in [1.165, 1.54) is 295 Å². The maximum atomic E-state index is 12.5. The Morgan fingerprint density at radius 3 is 0.986 bits per heavy atom. The van der Waals surface area contributed by atoms with Crippen molar-refractivity contribution in [3.05, 3.63) is 24.3 Å². The minimum absolute atomic E-state index is 0.00136. The number of aliphatic hydroxyl groups is 2. The number of allylic oxidation sites excluding steroid dienone is 3. The highest BCUT2D eigenvalue weighted by atomic mass is 16.5. The number of hydrogen-bond acceptors (Lipinski definition) is 5. The van der Waals surface area contributed by atoms with Crippen LogP contribution in [0.3, 0.4) is 0 Å². The van der Waals surface area contributed by atoms with Gasteiger partial charge in [0.25, 0.3) is 0 Å². The Hall–Kier alpha value is -1.66. The number of ether oxygens (including phenoxy) is 1. The van der Waals surface area contributed by atoms with Crippen molar-refractivity contribution in [1.82, 2.24) is 5.32 Å². The van der Waals surface area contributed by atoms with E-state index in [4.69, 9.17) is 4.74 Å². The molecule has 0 bridgehead atoms. The second-order valence-corrected chi connectivity index (χ2v) is 22.8.